The summed E-state index contributed by atoms with van der Waals surface area (Å²) >= 11 is 5.47. The number of hydrogen-bond donors (Lipinski definition) is 2. The van der Waals surface area contributed by atoms with Crippen molar-refractivity contribution in [2.75, 3.05) is 24.9 Å². The molecule has 0 unspecified atom stereocenters. The van der Waals surface area contributed by atoms with E-state index in [9.17, 15) is 4.39 Å². The van der Waals surface area contributed by atoms with E-state index in [2.05, 4.69) is 15.7 Å². The summed E-state index contributed by atoms with van der Waals surface area (Å²) in [5.74, 6) is 1.04. The van der Waals surface area contributed by atoms with Crippen LogP contribution in [0.15, 0.2) is 42.5 Å². The van der Waals surface area contributed by atoms with Crippen LogP contribution in [0.4, 0.5) is 15.8 Å². The third-order valence-electron chi connectivity index (χ3n) is 4.50. The van der Waals surface area contributed by atoms with Crippen molar-refractivity contribution in [2.45, 2.75) is 20.4 Å². The molecular weight excluding hydrogens is 391 g/mol. The van der Waals surface area contributed by atoms with Crippen molar-refractivity contribution in [3.63, 3.8) is 0 Å². The van der Waals surface area contributed by atoms with E-state index < -0.39 is 0 Å². The second kappa shape index (κ2) is 8.91. The molecule has 29 heavy (non-hydrogen) atoms. The van der Waals surface area contributed by atoms with Crippen LogP contribution in [0, 0.1) is 19.7 Å². The highest BCUT2D eigenvalue weighted by atomic mass is 32.1. The molecule has 0 saturated carbocycles. The molecule has 0 aliphatic heterocycles. The predicted octanol–water partition coefficient (Wildman–Crippen LogP) is 4.51. The molecular formula is C21H23FN4O2S. The van der Waals surface area contributed by atoms with Gasteiger partial charge in [-0.15, -0.1) is 0 Å². The number of nitrogens with zero attached hydrogens (tertiary/aromatic N) is 2. The van der Waals surface area contributed by atoms with Crippen LogP contribution in [0.1, 0.15) is 17.0 Å². The van der Waals surface area contributed by atoms with Gasteiger partial charge in [-0.25, -0.2) is 4.39 Å². The number of aromatic nitrogens is 2. The quantitative estimate of drug-likeness (QED) is 0.579. The van der Waals surface area contributed by atoms with E-state index in [1.807, 2.05) is 36.7 Å². The van der Waals surface area contributed by atoms with Gasteiger partial charge in [-0.05, 0) is 55.9 Å². The minimum atomic E-state index is -0.263. The molecule has 0 saturated heterocycles. The fourth-order valence-corrected chi connectivity index (χ4v) is 3.22. The van der Waals surface area contributed by atoms with Crippen LogP contribution in [0.2, 0.25) is 0 Å². The van der Waals surface area contributed by atoms with Gasteiger partial charge in [0.15, 0.2) is 5.11 Å². The van der Waals surface area contributed by atoms with Crippen molar-refractivity contribution in [1.29, 1.82) is 0 Å². The van der Waals surface area contributed by atoms with E-state index in [-0.39, 0.29) is 5.82 Å². The SMILES string of the molecule is COc1ccc(NC(=S)Nc2c(C)nn(Cc3cccc(F)c3)c2C)c(OC)c1. The Morgan fingerprint density at radius 1 is 1.10 bits per heavy atom. The summed E-state index contributed by atoms with van der Waals surface area (Å²) < 4.78 is 25.9. The lowest BCUT2D eigenvalue weighted by Gasteiger charge is -2.14. The minimum absolute atomic E-state index is 0.263. The van der Waals surface area contributed by atoms with Crippen molar-refractivity contribution >= 4 is 28.7 Å². The van der Waals surface area contributed by atoms with Crippen LogP contribution >= 0.6 is 12.2 Å². The lowest BCUT2D eigenvalue weighted by atomic mass is 10.2. The number of methoxy groups -OCH3 is 2. The van der Waals surface area contributed by atoms with Gasteiger partial charge in [0.1, 0.15) is 17.3 Å². The summed E-state index contributed by atoms with van der Waals surface area (Å²) in [6.45, 7) is 4.31. The van der Waals surface area contributed by atoms with Crippen LogP contribution in [-0.4, -0.2) is 29.1 Å². The second-order valence-corrected chi connectivity index (χ2v) is 6.89. The van der Waals surface area contributed by atoms with Gasteiger partial charge in [0, 0.05) is 6.07 Å². The smallest absolute Gasteiger partial charge is 0.175 e. The van der Waals surface area contributed by atoms with E-state index in [0.717, 1.165) is 22.6 Å². The van der Waals surface area contributed by atoms with E-state index in [1.165, 1.54) is 12.1 Å². The highest BCUT2D eigenvalue weighted by Crippen LogP contribution is 2.29. The molecule has 0 spiro atoms. The summed E-state index contributed by atoms with van der Waals surface area (Å²) in [7, 11) is 3.18. The Morgan fingerprint density at radius 3 is 2.59 bits per heavy atom. The third kappa shape index (κ3) is 4.83. The molecule has 1 aromatic heterocycles. The van der Waals surface area contributed by atoms with Crippen molar-refractivity contribution in [2.24, 2.45) is 0 Å². The van der Waals surface area contributed by atoms with Crippen LogP contribution in [0.25, 0.3) is 0 Å². The zero-order valence-electron chi connectivity index (χ0n) is 16.7. The summed E-state index contributed by atoms with van der Waals surface area (Å²) in [6, 6.07) is 11.9. The molecule has 0 radical (unpaired) electrons. The number of nitrogens with one attached hydrogen (secondary N) is 2. The van der Waals surface area contributed by atoms with Crippen molar-refractivity contribution in [1.82, 2.24) is 9.78 Å². The fourth-order valence-electron chi connectivity index (χ4n) is 3.01. The van der Waals surface area contributed by atoms with Gasteiger partial charge in [-0.3, -0.25) is 4.68 Å². The van der Waals surface area contributed by atoms with Crippen molar-refractivity contribution in [3.8, 4) is 11.5 Å². The Balaban J connectivity index is 1.75. The maximum atomic E-state index is 13.5. The third-order valence-corrected chi connectivity index (χ3v) is 4.70. The van der Waals surface area contributed by atoms with E-state index >= 15 is 0 Å². The number of rotatable bonds is 6. The van der Waals surface area contributed by atoms with Crippen LogP contribution in [0.5, 0.6) is 11.5 Å². The van der Waals surface area contributed by atoms with Gasteiger partial charge >= 0.3 is 0 Å². The minimum Gasteiger partial charge on any atom is -0.497 e. The van der Waals surface area contributed by atoms with E-state index in [1.54, 1.807) is 26.4 Å². The number of benzene rings is 2. The molecule has 1 heterocycles. The molecule has 8 heteroatoms. The number of aryl methyl sites for hydroxylation is 1. The topological polar surface area (TPSA) is 60.3 Å². The number of ether oxygens (including phenoxy) is 2. The van der Waals surface area contributed by atoms with Crippen molar-refractivity contribution in [3.05, 3.63) is 65.2 Å². The highest BCUT2D eigenvalue weighted by Gasteiger charge is 2.14. The molecule has 0 aliphatic carbocycles. The van der Waals surface area contributed by atoms with Crippen LogP contribution in [0.3, 0.4) is 0 Å². The molecule has 0 amide bonds. The molecule has 0 fully saturated rings. The van der Waals surface area contributed by atoms with E-state index in [0.29, 0.717) is 28.8 Å². The first-order valence-electron chi connectivity index (χ1n) is 8.99. The Hall–Kier alpha value is -3.13. The van der Waals surface area contributed by atoms with Crippen LogP contribution < -0.4 is 20.1 Å². The first-order chi connectivity index (χ1) is 13.9. The number of thiocarbonyl (C=S) groups is 1. The monoisotopic (exact) mass is 414 g/mol. The maximum absolute atomic E-state index is 13.5. The second-order valence-electron chi connectivity index (χ2n) is 6.48. The molecule has 3 rings (SSSR count). The molecule has 2 aromatic carbocycles. The van der Waals surface area contributed by atoms with Crippen molar-refractivity contribution < 1.29 is 13.9 Å². The normalized spacial score (nSPS) is 10.5. The molecule has 2 N–H and O–H groups in total. The standard InChI is InChI=1S/C21H23FN4O2S/c1-13-20(14(2)26(25-13)12-15-6-5-7-16(22)10-15)24-21(29)23-18-9-8-17(27-3)11-19(18)28-4/h5-11H,12H2,1-4H3,(H2,23,24,29). The van der Waals surface area contributed by atoms with Crippen LogP contribution in [-0.2, 0) is 6.54 Å². The fraction of sp³-hybridized carbons (Fsp3) is 0.238. The van der Waals surface area contributed by atoms with Gasteiger partial charge in [0.25, 0.3) is 0 Å². The Morgan fingerprint density at radius 2 is 1.90 bits per heavy atom. The summed E-state index contributed by atoms with van der Waals surface area (Å²) in [4.78, 5) is 0. The lowest BCUT2D eigenvalue weighted by molar-refractivity contribution is 0.395. The van der Waals surface area contributed by atoms with Gasteiger partial charge in [-0.2, -0.15) is 5.10 Å². The molecule has 6 nitrogen and oxygen atoms in total. The number of hydrogen-bond acceptors (Lipinski definition) is 4. The summed E-state index contributed by atoms with van der Waals surface area (Å²) in [5.41, 5.74) is 4.06. The largest absolute Gasteiger partial charge is 0.497 e. The van der Waals surface area contributed by atoms with Gasteiger partial charge in [0.2, 0.25) is 0 Å². The zero-order chi connectivity index (χ0) is 21.0. The van der Waals surface area contributed by atoms with E-state index in [4.69, 9.17) is 21.7 Å². The average Bonchev–Trinajstić information content (AvgIpc) is 2.95. The maximum Gasteiger partial charge on any atom is 0.175 e. The van der Waals surface area contributed by atoms with Gasteiger partial charge < -0.3 is 20.1 Å². The molecule has 0 bridgehead atoms. The predicted molar refractivity (Wildman–Crippen MR) is 117 cm³/mol. The Labute approximate surface area is 174 Å². The summed E-state index contributed by atoms with van der Waals surface area (Å²) in [6.07, 6.45) is 0. The number of halogens is 1. The molecule has 152 valence electrons. The molecule has 0 aliphatic rings. The average molecular weight is 415 g/mol. The lowest BCUT2D eigenvalue weighted by Crippen LogP contribution is -2.20. The van der Waals surface area contributed by atoms with Gasteiger partial charge in [-0.1, -0.05) is 12.1 Å². The number of anilines is 2. The highest BCUT2D eigenvalue weighted by molar-refractivity contribution is 7.80. The van der Waals surface area contributed by atoms with Gasteiger partial charge in [0.05, 0.1) is 43.5 Å². The Bertz CT molecular complexity index is 1040. The summed E-state index contributed by atoms with van der Waals surface area (Å²) in [5, 5.41) is 11.3. The molecule has 3 aromatic rings. The zero-order valence-corrected chi connectivity index (χ0v) is 17.6. The first-order valence-corrected chi connectivity index (χ1v) is 9.40. The first kappa shape index (κ1) is 20.6. The molecule has 0 atom stereocenters. The Kier molecular flexibility index (Phi) is 6.33.